The fourth-order valence-electron chi connectivity index (χ4n) is 2.53. The quantitative estimate of drug-likeness (QED) is 0.879. The molecule has 1 aliphatic rings. The topological polar surface area (TPSA) is 41.5 Å². The lowest BCUT2D eigenvalue weighted by Gasteiger charge is -2.19. The predicted molar refractivity (Wildman–Crippen MR) is 103 cm³/mol. The van der Waals surface area contributed by atoms with Gasteiger partial charge in [0.15, 0.2) is 0 Å². The van der Waals surface area contributed by atoms with Crippen LogP contribution in [-0.2, 0) is 5.41 Å². The van der Waals surface area contributed by atoms with Gasteiger partial charge < -0.3 is 5.32 Å². The van der Waals surface area contributed by atoms with Crippen LogP contribution in [0, 0.1) is 0 Å². The summed E-state index contributed by atoms with van der Waals surface area (Å²) in [5.74, 6) is 0.952. The summed E-state index contributed by atoms with van der Waals surface area (Å²) in [7, 11) is 0. The summed E-state index contributed by atoms with van der Waals surface area (Å²) in [5.41, 5.74) is 3.91. The Morgan fingerprint density at radius 3 is 2.25 bits per heavy atom. The van der Waals surface area contributed by atoms with Crippen molar-refractivity contribution in [2.75, 3.05) is 17.6 Å². The number of hydrogen-bond acceptors (Lipinski definition) is 3. The lowest BCUT2D eigenvalue weighted by atomic mass is 9.87. The van der Waals surface area contributed by atoms with E-state index in [1.807, 2.05) is 36.4 Å². The predicted octanol–water partition coefficient (Wildman–Crippen LogP) is 4.73. The van der Waals surface area contributed by atoms with Gasteiger partial charge in [0.25, 0.3) is 5.91 Å². The first-order chi connectivity index (χ1) is 11.4. The Balaban J connectivity index is 1.68. The second-order valence-corrected chi connectivity index (χ2v) is 7.98. The molecule has 0 fully saturated rings. The van der Waals surface area contributed by atoms with E-state index in [1.54, 1.807) is 11.8 Å². The molecule has 0 bridgehead atoms. The molecule has 0 aliphatic carbocycles. The largest absolute Gasteiger partial charge is 0.322 e. The molecule has 2 aromatic carbocycles. The minimum Gasteiger partial charge on any atom is -0.322 e. The molecule has 0 atom stereocenters. The molecule has 3 rings (SSSR count). The fraction of sp³-hybridized carbons (Fsp3) is 0.300. The molecule has 1 aliphatic heterocycles. The van der Waals surface area contributed by atoms with E-state index in [0.29, 0.717) is 5.56 Å². The van der Waals surface area contributed by atoms with Crippen LogP contribution in [0.25, 0.3) is 0 Å². The first-order valence-electron chi connectivity index (χ1n) is 8.13. The maximum Gasteiger partial charge on any atom is 0.255 e. The lowest BCUT2D eigenvalue weighted by molar-refractivity contribution is 0.102. The second kappa shape index (κ2) is 6.81. The molecule has 0 aromatic heterocycles. The van der Waals surface area contributed by atoms with Crippen molar-refractivity contribution in [3.05, 3.63) is 65.2 Å². The first kappa shape index (κ1) is 16.8. The van der Waals surface area contributed by atoms with E-state index in [4.69, 9.17) is 0 Å². The Kier molecular flexibility index (Phi) is 4.76. The van der Waals surface area contributed by atoms with Gasteiger partial charge in [0.1, 0.15) is 0 Å². The number of thioether (sulfide) groups is 1. The summed E-state index contributed by atoms with van der Waals surface area (Å²) >= 11 is 1.77. The van der Waals surface area contributed by atoms with Crippen molar-refractivity contribution in [3.8, 4) is 0 Å². The number of benzene rings is 2. The number of anilines is 1. The molecular formula is C20H22N2OS. The van der Waals surface area contributed by atoms with Gasteiger partial charge in [0, 0.05) is 29.1 Å². The zero-order valence-electron chi connectivity index (χ0n) is 14.3. The van der Waals surface area contributed by atoms with Crippen LogP contribution < -0.4 is 5.32 Å². The van der Waals surface area contributed by atoms with E-state index in [0.717, 1.165) is 28.6 Å². The molecule has 1 amide bonds. The minimum absolute atomic E-state index is 0.0916. The van der Waals surface area contributed by atoms with E-state index in [2.05, 4.69) is 43.2 Å². The van der Waals surface area contributed by atoms with E-state index >= 15 is 0 Å². The summed E-state index contributed by atoms with van der Waals surface area (Å²) in [6, 6.07) is 15.7. The van der Waals surface area contributed by atoms with Gasteiger partial charge in [-0.3, -0.25) is 9.79 Å². The van der Waals surface area contributed by atoms with Crippen molar-refractivity contribution in [1.29, 1.82) is 0 Å². The maximum absolute atomic E-state index is 12.4. The molecule has 124 valence electrons. The highest BCUT2D eigenvalue weighted by molar-refractivity contribution is 8.14. The molecule has 2 aromatic rings. The van der Waals surface area contributed by atoms with Crippen LogP contribution in [0.5, 0.6) is 0 Å². The average molecular weight is 338 g/mol. The standard InChI is InChI=1S/C20H22N2OS/c1-20(2,3)16-8-10-17(11-9-16)22-18(23)14-4-6-15(7-5-14)19-21-12-13-24-19/h4-11H,12-13H2,1-3H3,(H,22,23). The number of aliphatic imine (C=N–C) groups is 1. The van der Waals surface area contributed by atoms with Gasteiger partial charge in [-0.1, -0.05) is 45.0 Å². The molecule has 3 nitrogen and oxygen atoms in total. The van der Waals surface area contributed by atoms with Crippen LogP contribution >= 0.6 is 11.8 Å². The molecule has 1 N–H and O–H groups in total. The van der Waals surface area contributed by atoms with Gasteiger partial charge in [-0.15, -0.1) is 11.8 Å². The van der Waals surface area contributed by atoms with Crippen molar-refractivity contribution >= 4 is 28.4 Å². The molecule has 0 unspecified atom stereocenters. The first-order valence-corrected chi connectivity index (χ1v) is 9.12. The van der Waals surface area contributed by atoms with Crippen molar-refractivity contribution in [2.24, 2.45) is 4.99 Å². The molecule has 24 heavy (non-hydrogen) atoms. The molecule has 0 saturated carbocycles. The average Bonchev–Trinajstić information content (AvgIpc) is 3.09. The van der Waals surface area contributed by atoms with Gasteiger partial charge >= 0.3 is 0 Å². The third-order valence-corrected chi connectivity index (χ3v) is 5.01. The van der Waals surface area contributed by atoms with Crippen molar-refractivity contribution in [2.45, 2.75) is 26.2 Å². The van der Waals surface area contributed by atoms with Gasteiger partial charge in [0.05, 0.1) is 5.04 Å². The van der Waals surface area contributed by atoms with E-state index in [9.17, 15) is 4.79 Å². The number of nitrogens with zero attached hydrogens (tertiary/aromatic N) is 1. The van der Waals surface area contributed by atoms with Crippen molar-refractivity contribution in [1.82, 2.24) is 0 Å². The van der Waals surface area contributed by atoms with Crippen LogP contribution in [0.2, 0.25) is 0 Å². The van der Waals surface area contributed by atoms with Gasteiger partial charge in [-0.05, 0) is 35.2 Å². The van der Waals surface area contributed by atoms with Crippen LogP contribution in [0.15, 0.2) is 53.5 Å². The SMILES string of the molecule is CC(C)(C)c1ccc(NC(=O)c2ccc(C3=NCCS3)cc2)cc1. The van der Waals surface area contributed by atoms with Crippen LogP contribution in [0.1, 0.15) is 42.3 Å². The molecule has 0 saturated heterocycles. The Labute approximate surface area is 147 Å². The third kappa shape index (κ3) is 3.88. The monoisotopic (exact) mass is 338 g/mol. The molecule has 4 heteroatoms. The Bertz CT molecular complexity index is 756. The van der Waals surface area contributed by atoms with Gasteiger partial charge in [0.2, 0.25) is 0 Å². The van der Waals surface area contributed by atoms with Crippen LogP contribution in [-0.4, -0.2) is 23.2 Å². The maximum atomic E-state index is 12.4. The van der Waals surface area contributed by atoms with Crippen LogP contribution in [0.3, 0.4) is 0 Å². The van der Waals surface area contributed by atoms with Crippen molar-refractivity contribution < 1.29 is 4.79 Å². The highest BCUT2D eigenvalue weighted by atomic mass is 32.2. The highest BCUT2D eigenvalue weighted by Crippen LogP contribution is 2.24. The minimum atomic E-state index is -0.0916. The van der Waals surface area contributed by atoms with E-state index in [1.165, 1.54) is 5.56 Å². The molecule has 1 heterocycles. The Morgan fingerprint density at radius 1 is 1.04 bits per heavy atom. The van der Waals surface area contributed by atoms with Gasteiger partial charge in [-0.25, -0.2) is 0 Å². The summed E-state index contributed by atoms with van der Waals surface area (Å²) < 4.78 is 0. The lowest BCUT2D eigenvalue weighted by Crippen LogP contribution is -2.13. The van der Waals surface area contributed by atoms with E-state index < -0.39 is 0 Å². The van der Waals surface area contributed by atoms with Gasteiger partial charge in [-0.2, -0.15) is 0 Å². The third-order valence-electron chi connectivity index (χ3n) is 3.99. The number of carbonyl (C=O) groups is 1. The second-order valence-electron chi connectivity index (χ2n) is 6.89. The number of hydrogen-bond donors (Lipinski definition) is 1. The molecule has 0 radical (unpaired) electrons. The molecule has 0 spiro atoms. The smallest absolute Gasteiger partial charge is 0.255 e. The summed E-state index contributed by atoms with van der Waals surface area (Å²) in [6.07, 6.45) is 0. The summed E-state index contributed by atoms with van der Waals surface area (Å²) in [4.78, 5) is 16.8. The highest BCUT2D eigenvalue weighted by Gasteiger charge is 2.14. The normalized spacial score (nSPS) is 14.4. The fourth-order valence-corrected chi connectivity index (χ4v) is 3.39. The summed E-state index contributed by atoms with van der Waals surface area (Å²) in [6.45, 7) is 7.41. The zero-order chi connectivity index (χ0) is 17.2. The number of rotatable bonds is 3. The Hall–Kier alpha value is -2.07. The molecular weight excluding hydrogens is 316 g/mol. The van der Waals surface area contributed by atoms with Crippen LogP contribution in [0.4, 0.5) is 5.69 Å². The number of amides is 1. The summed E-state index contributed by atoms with van der Waals surface area (Å²) in [5, 5.41) is 4.02. The number of carbonyl (C=O) groups excluding carboxylic acids is 1. The van der Waals surface area contributed by atoms with E-state index in [-0.39, 0.29) is 11.3 Å². The number of nitrogens with one attached hydrogen (secondary N) is 1. The van der Waals surface area contributed by atoms with Crippen molar-refractivity contribution in [3.63, 3.8) is 0 Å². The zero-order valence-corrected chi connectivity index (χ0v) is 15.1. The Morgan fingerprint density at radius 2 is 1.71 bits per heavy atom.